The average Bonchev–Trinajstić information content (AvgIpc) is 3.06. The van der Waals surface area contributed by atoms with Crippen molar-refractivity contribution in [1.82, 2.24) is 5.32 Å². The number of thioether (sulfide) groups is 1. The molecule has 1 aromatic rings. The van der Waals surface area contributed by atoms with Gasteiger partial charge in [-0.3, -0.25) is 9.59 Å². The number of hydrogen-bond donors (Lipinski definition) is 1. The molecule has 0 spiro atoms. The van der Waals surface area contributed by atoms with Crippen LogP contribution in [-0.4, -0.2) is 31.0 Å². The van der Waals surface area contributed by atoms with E-state index in [4.69, 9.17) is 4.42 Å². The van der Waals surface area contributed by atoms with Crippen LogP contribution in [0.15, 0.2) is 21.6 Å². The fourth-order valence-electron chi connectivity index (χ4n) is 1.77. The summed E-state index contributed by atoms with van der Waals surface area (Å²) in [5.74, 6) is -1.31. The molecule has 1 aromatic heterocycles. The van der Waals surface area contributed by atoms with Gasteiger partial charge in [-0.15, -0.1) is 0 Å². The Labute approximate surface area is 122 Å². The van der Waals surface area contributed by atoms with Gasteiger partial charge in [0.2, 0.25) is 0 Å². The number of hydrogen-bond acceptors (Lipinski definition) is 5. The van der Waals surface area contributed by atoms with E-state index in [1.807, 2.05) is 0 Å². The van der Waals surface area contributed by atoms with Crippen LogP contribution < -0.4 is 5.32 Å². The number of alkyl halides is 3. The summed E-state index contributed by atoms with van der Waals surface area (Å²) in [5, 5.41) is 2.05. The van der Waals surface area contributed by atoms with E-state index in [0.717, 1.165) is 12.1 Å². The normalized spacial score (nSPS) is 16.4. The predicted octanol–water partition coefficient (Wildman–Crippen LogP) is 2.57. The number of rotatable bonds is 5. The second-order valence-corrected chi connectivity index (χ2v) is 5.69. The van der Waals surface area contributed by atoms with E-state index in [2.05, 4.69) is 10.1 Å². The summed E-state index contributed by atoms with van der Waals surface area (Å²) < 4.78 is 45.9. The van der Waals surface area contributed by atoms with Crippen molar-refractivity contribution < 1.29 is 31.9 Å². The molecule has 1 fully saturated rings. The lowest BCUT2D eigenvalue weighted by Crippen LogP contribution is -2.34. The van der Waals surface area contributed by atoms with Crippen LogP contribution in [0.4, 0.5) is 13.2 Å². The molecule has 116 valence electrons. The van der Waals surface area contributed by atoms with Crippen LogP contribution in [0, 0.1) is 5.41 Å². The third-order valence-electron chi connectivity index (χ3n) is 3.08. The highest BCUT2D eigenvalue weighted by atomic mass is 32.2. The van der Waals surface area contributed by atoms with Crippen LogP contribution >= 0.6 is 11.8 Å². The molecule has 1 saturated carbocycles. The molecule has 0 saturated heterocycles. The van der Waals surface area contributed by atoms with E-state index in [9.17, 15) is 22.8 Å². The van der Waals surface area contributed by atoms with Gasteiger partial charge in [-0.05, 0) is 25.0 Å². The Hall–Kier alpha value is -1.64. The van der Waals surface area contributed by atoms with Gasteiger partial charge in [0.05, 0.1) is 12.5 Å². The number of methoxy groups -OCH3 is 1. The standard InChI is InChI=1S/C12H12F3NO4S/c1-19-10(18)11(4-5-11)6-16-9(17)7-2-3-8(20-7)21-12(13,14)15/h2-3H,4-6H2,1H3,(H,16,17). The second kappa shape index (κ2) is 5.63. The van der Waals surface area contributed by atoms with Crippen molar-refractivity contribution in [3.63, 3.8) is 0 Å². The molecule has 1 aliphatic rings. The topological polar surface area (TPSA) is 68.5 Å². The second-order valence-electron chi connectivity index (χ2n) is 4.62. The lowest BCUT2D eigenvalue weighted by Gasteiger charge is -2.12. The number of carbonyl (C=O) groups excluding carboxylic acids is 2. The summed E-state index contributed by atoms with van der Waals surface area (Å²) in [6.45, 7) is 0.0704. The molecule has 2 rings (SSSR count). The summed E-state index contributed by atoms with van der Waals surface area (Å²) in [6, 6.07) is 2.22. The first-order valence-corrected chi connectivity index (χ1v) is 6.80. The summed E-state index contributed by atoms with van der Waals surface area (Å²) in [4.78, 5) is 23.2. The molecule has 0 unspecified atom stereocenters. The zero-order valence-electron chi connectivity index (χ0n) is 11.0. The van der Waals surface area contributed by atoms with Crippen molar-refractivity contribution in [2.75, 3.05) is 13.7 Å². The molecule has 0 aromatic carbocycles. The summed E-state index contributed by atoms with van der Waals surface area (Å²) in [5.41, 5.74) is -5.19. The van der Waals surface area contributed by atoms with Gasteiger partial charge < -0.3 is 14.5 Å². The molecule has 1 aliphatic carbocycles. The maximum Gasteiger partial charge on any atom is 0.449 e. The lowest BCUT2D eigenvalue weighted by molar-refractivity contribution is -0.146. The molecular weight excluding hydrogens is 311 g/mol. The van der Waals surface area contributed by atoms with Crippen LogP contribution in [0.2, 0.25) is 0 Å². The fraction of sp³-hybridized carbons (Fsp3) is 0.500. The van der Waals surface area contributed by atoms with E-state index in [1.165, 1.54) is 7.11 Å². The monoisotopic (exact) mass is 323 g/mol. The van der Waals surface area contributed by atoms with Crippen molar-refractivity contribution in [2.24, 2.45) is 5.41 Å². The minimum absolute atomic E-state index is 0.0704. The van der Waals surface area contributed by atoms with Crippen LogP contribution in [0.3, 0.4) is 0 Å². The Morgan fingerprint density at radius 1 is 1.43 bits per heavy atom. The minimum atomic E-state index is -4.48. The van der Waals surface area contributed by atoms with Crippen molar-refractivity contribution in [3.8, 4) is 0 Å². The number of ether oxygens (including phenoxy) is 1. The zero-order valence-corrected chi connectivity index (χ0v) is 11.8. The van der Waals surface area contributed by atoms with Crippen molar-refractivity contribution in [1.29, 1.82) is 0 Å². The number of carbonyl (C=O) groups is 2. The molecule has 1 heterocycles. The number of esters is 1. The van der Waals surface area contributed by atoms with Crippen LogP contribution in [0.1, 0.15) is 23.4 Å². The highest BCUT2D eigenvalue weighted by Gasteiger charge is 2.51. The van der Waals surface area contributed by atoms with Gasteiger partial charge in [0.25, 0.3) is 5.91 Å². The number of amides is 1. The smallest absolute Gasteiger partial charge is 0.449 e. The van der Waals surface area contributed by atoms with E-state index in [-0.39, 0.29) is 12.3 Å². The molecular formula is C12H12F3NO4S. The largest absolute Gasteiger partial charge is 0.469 e. The molecule has 0 radical (unpaired) electrons. The first-order chi connectivity index (χ1) is 9.76. The van der Waals surface area contributed by atoms with Crippen molar-refractivity contribution in [2.45, 2.75) is 23.4 Å². The quantitative estimate of drug-likeness (QED) is 0.666. The first kappa shape index (κ1) is 15.7. The minimum Gasteiger partial charge on any atom is -0.469 e. The van der Waals surface area contributed by atoms with Gasteiger partial charge in [-0.25, -0.2) is 0 Å². The van der Waals surface area contributed by atoms with E-state index in [0.29, 0.717) is 12.8 Å². The molecule has 0 aliphatic heterocycles. The average molecular weight is 323 g/mol. The van der Waals surface area contributed by atoms with E-state index >= 15 is 0 Å². The van der Waals surface area contributed by atoms with Crippen LogP contribution in [0.5, 0.6) is 0 Å². The SMILES string of the molecule is COC(=O)C1(CNC(=O)c2ccc(SC(F)(F)F)o2)CC1. The highest BCUT2D eigenvalue weighted by Crippen LogP contribution is 2.46. The maximum atomic E-state index is 12.1. The molecule has 1 N–H and O–H groups in total. The molecule has 21 heavy (non-hydrogen) atoms. The van der Waals surface area contributed by atoms with Gasteiger partial charge in [-0.1, -0.05) is 0 Å². The van der Waals surface area contributed by atoms with Crippen LogP contribution in [0.25, 0.3) is 0 Å². The summed E-state index contributed by atoms with van der Waals surface area (Å²) in [7, 11) is 1.26. The Morgan fingerprint density at radius 2 is 2.10 bits per heavy atom. The molecule has 1 amide bonds. The number of nitrogens with one attached hydrogen (secondary N) is 1. The number of furan rings is 1. The third-order valence-corrected chi connectivity index (χ3v) is 3.73. The van der Waals surface area contributed by atoms with Gasteiger partial charge in [-0.2, -0.15) is 13.2 Å². The predicted molar refractivity (Wildman–Crippen MR) is 66.6 cm³/mol. The van der Waals surface area contributed by atoms with Crippen molar-refractivity contribution >= 4 is 23.6 Å². The van der Waals surface area contributed by atoms with E-state index in [1.54, 1.807) is 0 Å². The lowest BCUT2D eigenvalue weighted by atomic mass is 10.1. The first-order valence-electron chi connectivity index (χ1n) is 5.98. The Bertz CT molecular complexity index is 551. The maximum absolute atomic E-state index is 12.1. The van der Waals surface area contributed by atoms with E-state index < -0.39 is 39.7 Å². The van der Waals surface area contributed by atoms with Gasteiger partial charge >= 0.3 is 11.5 Å². The molecule has 5 nitrogen and oxygen atoms in total. The molecule has 0 atom stereocenters. The fourth-order valence-corrected chi connectivity index (χ4v) is 2.26. The Kier molecular flexibility index (Phi) is 4.22. The number of halogens is 3. The Balaban J connectivity index is 1.91. The highest BCUT2D eigenvalue weighted by molar-refractivity contribution is 8.00. The van der Waals surface area contributed by atoms with Crippen molar-refractivity contribution in [3.05, 3.63) is 17.9 Å². The summed E-state index contributed by atoms with van der Waals surface area (Å²) in [6.07, 6.45) is 1.21. The van der Waals surface area contributed by atoms with Gasteiger partial charge in [0, 0.05) is 18.3 Å². The summed E-state index contributed by atoms with van der Waals surface area (Å²) >= 11 is -0.437. The molecule has 0 bridgehead atoms. The zero-order chi connectivity index (χ0) is 15.7. The van der Waals surface area contributed by atoms with Crippen LogP contribution in [-0.2, 0) is 9.53 Å². The third kappa shape index (κ3) is 3.93. The Morgan fingerprint density at radius 3 is 2.62 bits per heavy atom. The molecule has 9 heteroatoms. The van der Waals surface area contributed by atoms with Gasteiger partial charge in [0.1, 0.15) is 0 Å². The van der Waals surface area contributed by atoms with Gasteiger partial charge in [0.15, 0.2) is 10.9 Å².